The summed E-state index contributed by atoms with van der Waals surface area (Å²) >= 11 is 0. The number of carbonyl (C=O) groups excluding carboxylic acids is 1. The Kier molecular flexibility index (Phi) is 5.05. The van der Waals surface area contributed by atoms with Crippen molar-refractivity contribution in [3.8, 4) is 0 Å². The number of aliphatic hydroxyl groups is 1. The first-order valence-electron chi connectivity index (χ1n) is 8.74. The van der Waals surface area contributed by atoms with Crippen LogP contribution in [0.4, 0.5) is 0 Å². The first-order valence-corrected chi connectivity index (χ1v) is 8.74. The van der Waals surface area contributed by atoms with E-state index >= 15 is 0 Å². The number of rotatable bonds is 4. The molecule has 128 valence electrons. The Balaban J connectivity index is 1.72. The predicted molar refractivity (Wildman–Crippen MR) is 95.2 cm³/mol. The fourth-order valence-electron chi connectivity index (χ4n) is 3.52. The Morgan fingerprint density at radius 1 is 1.17 bits per heavy atom. The van der Waals surface area contributed by atoms with E-state index in [1.54, 1.807) is 0 Å². The summed E-state index contributed by atoms with van der Waals surface area (Å²) in [5.41, 5.74) is 4.09. The highest BCUT2D eigenvalue weighted by atomic mass is 16.3. The number of benzene rings is 1. The molecule has 0 unspecified atom stereocenters. The molecule has 1 saturated carbocycles. The summed E-state index contributed by atoms with van der Waals surface area (Å²) < 4.78 is 2.19. The van der Waals surface area contributed by atoms with Crippen molar-refractivity contribution in [1.29, 1.82) is 0 Å². The minimum atomic E-state index is -0.200. The maximum Gasteiger partial charge on any atom is 0.253 e. The van der Waals surface area contributed by atoms with Gasteiger partial charge in [0.15, 0.2) is 0 Å². The van der Waals surface area contributed by atoms with E-state index in [9.17, 15) is 9.90 Å². The third-order valence-corrected chi connectivity index (χ3v) is 5.03. The summed E-state index contributed by atoms with van der Waals surface area (Å²) in [6, 6.07) is 12.4. The molecule has 0 spiro atoms. The van der Waals surface area contributed by atoms with E-state index in [2.05, 4.69) is 22.0 Å². The molecule has 0 bridgehead atoms. The van der Waals surface area contributed by atoms with Crippen LogP contribution in [-0.2, 0) is 6.54 Å². The molecule has 1 aliphatic rings. The lowest BCUT2D eigenvalue weighted by Crippen LogP contribution is -2.38. The summed E-state index contributed by atoms with van der Waals surface area (Å²) in [7, 11) is 0. The molecule has 0 aliphatic heterocycles. The van der Waals surface area contributed by atoms with Gasteiger partial charge in [0.2, 0.25) is 0 Å². The van der Waals surface area contributed by atoms with E-state index in [-0.39, 0.29) is 18.1 Å². The van der Waals surface area contributed by atoms with Crippen LogP contribution in [0.1, 0.15) is 53.0 Å². The van der Waals surface area contributed by atoms with Gasteiger partial charge in [0, 0.05) is 24.0 Å². The minimum absolute atomic E-state index is 0.00352. The lowest BCUT2D eigenvalue weighted by molar-refractivity contribution is 0.0867. The molecule has 1 aromatic heterocycles. The summed E-state index contributed by atoms with van der Waals surface area (Å²) in [5, 5.41) is 12.7. The molecule has 0 atom stereocenters. The average molecular weight is 326 g/mol. The van der Waals surface area contributed by atoms with Crippen molar-refractivity contribution >= 4 is 5.91 Å². The fraction of sp³-hybridized carbons (Fsp3) is 0.450. The van der Waals surface area contributed by atoms with Crippen LogP contribution < -0.4 is 5.32 Å². The van der Waals surface area contributed by atoms with Crippen LogP contribution in [0.5, 0.6) is 0 Å². The normalized spacial score (nSPS) is 20.8. The van der Waals surface area contributed by atoms with E-state index in [0.717, 1.165) is 49.2 Å². The summed E-state index contributed by atoms with van der Waals surface area (Å²) in [4.78, 5) is 12.6. The van der Waals surface area contributed by atoms with Gasteiger partial charge in [-0.2, -0.15) is 0 Å². The van der Waals surface area contributed by atoms with Crippen molar-refractivity contribution in [2.45, 2.75) is 58.2 Å². The van der Waals surface area contributed by atoms with Crippen LogP contribution in [-0.4, -0.2) is 27.7 Å². The van der Waals surface area contributed by atoms with Gasteiger partial charge in [0.25, 0.3) is 5.91 Å². The largest absolute Gasteiger partial charge is 0.393 e. The lowest BCUT2D eigenvalue weighted by Gasteiger charge is -2.26. The second kappa shape index (κ2) is 7.22. The van der Waals surface area contributed by atoms with Crippen molar-refractivity contribution in [2.75, 3.05) is 0 Å². The molecule has 0 radical (unpaired) electrons. The van der Waals surface area contributed by atoms with E-state index in [1.165, 1.54) is 5.56 Å². The smallest absolute Gasteiger partial charge is 0.253 e. The molecular weight excluding hydrogens is 300 g/mol. The number of amides is 1. The summed E-state index contributed by atoms with van der Waals surface area (Å²) in [6.45, 7) is 4.83. The molecule has 1 aromatic carbocycles. The Bertz CT molecular complexity index is 698. The van der Waals surface area contributed by atoms with E-state index in [1.807, 2.05) is 38.1 Å². The average Bonchev–Trinajstić information content (AvgIpc) is 2.86. The number of carbonyl (C=O) groups is 1. The van der Waals surface area contributed by atoms with Crippen LogP contribution in [0.2, 0.25) is 0 Å². The molecule has 1 amide bonds. The van der Waals surface area contributed by atoms with Gasteiger partial charge in [0.05, 0.1) is 11.7 Å². The molecule has 2 aromatic rings. The molecule has 0 saturated heterocycles. The Morgan fingerprint density at radius 3 is 2.50 bits per heavy atom. The molecule has 1 aliphatic carbocycles. The van der Waals surface area contributed by atoms with Crippen LogP contribution in [0.3, 0.4) is 0 Å². The van der Waals surface area contributed by atoms with Gasteiger partial charge in [-0.05, 0) is 51.2 Å². The van der Waals surface area contributed by atoms with Gasteiger partial charge in [-0.1, -0.05) is 30.3 Å². The highest BCUT2D eigenvalue weighted by molar-refractivity contribution is 5.95. The number of aliphatic hydroxyl groups excluding tert-OH is 1. The fourth-order valence-corrected chi connectivity index (χ4v) is 3.52. The van der Waals surface area contributed by atoms with Crippen molar-refractivity contribution in [1.82, 2.24) is 9.88 Å². The monoisotopic (exact) mass is 326 g/mol. The van der Waals surface area contributed by atoms with Gasteiger partial charge in [0.1, 0.15) is 0 Å². The number of hydrogen-bond acceptors (Lipinski definition) is 2. The zero-order valence-electron chi connectivity index (χ0n) is 14.5. The Hall–Kier alpha value is -2.07. The quantitative estimate of drug-likeness (QED) is 0.906. The SMILES string of the molecule is Cc1cc(C(=O)NC2CCC(O)CC2)c(C)n1Cc1ccccc1. The van der Waals surface area contributed by atoms with Crippen LogP contribution >= 0.6 is 0 Å². The molecule has 24 heavy (non-hydrogen) atoms. The number of hydrogen-bond donors (Lipinski definition) is 2. The highest BCUT2D eigenvalue weighted by Crippen LogP contribution is 2.21. The molecule has 1 heterocycles. The summed E-state index contributed by atoms with van der Waals surface area (Å²) in [5.74, 6) is 0.00352. The predicted octanol–water partition coefficient (Wildman–Crippen LogP) is 3.19. The minimum Gasteiger partial charge on any atom is -0.393 e. The van der Waals surface area contributed by atoms with Gasteiger partial charge in [-0.25, -0.2) is 0 Å². The molecule has 4 heteroatoms. The second-order valence-corrected chi connectivity index (χ2v) is 6.84. The first-order chi connectivity index (χ1) is 11.5. The number of aromatic nitrogens is 1. The summed E-state index contributed by atoms with van der Waals surface area (Å²) in [6.07, 6.45) is 3.07. The van der Waals surface area contributed by atoms with E-state index < -0.39 is 0 Å². The topological polar surface area (TPSA) is 54.3 Å². The molecule has 1 fully saturated rings. The Labute approximate surface area is 143 Å². The second-order valence-electron chi connectivity index (χ2n) is 6.84. The number of nitrogens with zero attached hydrogens (tertiary/aromatic N) is 1. The molecule has 2 N–H and O–H groups in total. The van der Waals surface area contributed by atoms with Gasteiger partial charge < -0.3 is 15.0 Å². The van der Waals surface area contributed by atoms with Crippen molar-refractivity contribution in [3.05, 3.63) is 58.9 Å². The standard InChI is InChI=1S/C20H26N2O2/c1-14-12-19(20(24)21-17-8-10-18(23)11-9-17)15(2)22(14)13-16-6-4-3-5-7-16/h3-7,12,17-18,23H,8-11,13H2,1-2H3,(H,21,24). The van der Waals surface area contributed by atoms with Crippen LogP contribution in [0.15, 0.2) is 36.4 Å². The van der Waals surface area contributed by atoms with Gasteiger partial charge in [-0.15, -0.1) is 0 Å². The molecular formula is C20H26N2O2. The Morgan fingerprint density at radius 2 is 1.83 bits per heavy atom. The first kappa shape index (κ1) is 16.8. The van der Waals surface area contributed by atoms with Crippen LogP contribution in [0.25, 0.3) is 0 Å². The molecule has 3 rings (SSSR count). The van der Waals surface area contributed by atoms with Crippen molar-refractivity contribution < 1.29 is 9.90 Å². The van der Waals surface area contributed by atoms with Crippen LogP contribution in [0, 0.1) is 13.8 Å². The van der Waals surface area contributed by atoms with Gasteiger partial charge >= 0.3 is 0 Å². The van der Waals surface area contributed by atoms with Crippen molar-refractivity contribution in [3.63, 3.8) is 0 Å². The molecule has 4 nitrogen and oxygen atoms in total. The zero-order valence-corrected chi connectivity index (χ0v) is 14.5. The van der Waals surface area contributed by atoms with E-state index in [0.29, 0.717) is 0 Å². The van der Waals surface area contributed by atoms with E-state index in [4.69, 9.17) is 0 Å². The zero-order chi connectivity index (χ0) is 17.1. The number of nitrogens with one attached hydrogen (secondary N) is 1. The third kappa shape index (κ3) is 3.70. The lowest BCUT2D eigenvalue weighted by atomic mass is 9.93. The van der Waals surface area contributed by atoms with Crippen molar-refractivity contribution in [2.24, 2.45) is 0 Å². The maximum absolute atomic E-state index is 12.6. The third-order valence-electron chi connectivity index (χ3n) is 5.03. The highest BCUT2D eigenvalue weighted by Gasteiger charge is 2.23. The maximum atomic E-state index is 12.6. The number of aryl methyl sites for hydroxylation is 1. The van der Waals surface area contributed by atoms with Gasteiger partial charge in [-0.3, -0.25) is 4.79 Å².